The number of alkyl halides is 3. The van der Waals surface area contributed by atoms with Crippen LogP contribution in [0.1, 0.15) is 12.8 Å². The molecular weight excluding hydrogens is 359 g/mol. The largest absolute Gasteiger partial charge is 0.417 e. The number of urea groups is 1. The molecule has 136 valence electrons. The highest BCUT2D eigenvalue weighted by atomic mass is 32.1. The second-order valence-electron chi connectivity index (χ2n) is 5.61. The van der Waals surface area contributed by atoms with E-state index in [1.54, 1.807) is 11.6 Å². The number of amides is 2. The van der Waals surface area contributed by atoms with Crippen LogP contribution in [0.3, 0.4) is 0 Å². The molecule has 1 saturated heterocycles. The number of methoxy groups -OCH3 is 1. The number of likely N-dealkylation sites (tertiary alicyclic amines) is 1. The van der Waals surface area contributed by atoms with E-state index < -0.39 is 17.8 Å². The number of nitrogens with one attached hydrogen (secondary N) is 2. The highest BCUT2D eigenvalue weighted by Crippen LogP contribution is 2.41. The molecule has 0 radical (unpaired) electrons. The summed E-state index contributed by atoms with van der Waals surface area (Å²) in [4.78, 5) is 17.8. The molecule has 1 fully saturated rings. The van der Waals surface area contributed by atoms with Crippen molar-refractivity contribution in [2.24, 2.45) is 0 Å². The third-order valence-electron chi connectivity index (χ3n) is 4.29. The number of hydrogen-bond acceptors (Lipinski definition) is 5. The molecule has 0 aliphatic carbocycles. The lowest BCUT2D eigenvalue weighted by Gasteiger charge is -2.41. The zero-order valence-electron chi connectivity index (χ0n) is 13.3. The van der Waals surface area contributed by atoms with Gasteiger partial charge < -0.3 is 15.0 Å². The lowest BCUT2D eigenvalue weighted by Crippen LogP contribution is -2.56. The number of anilines is 1. The van der Waals surface area contributed by atoms with E-state index in [4.69, 9.17) is 4.74 Å². The number of rotatable bonds is 3. The zero-order valence-corrected chi connectivity index (χ0v) is 14.1. The summed E-state index contributed by atoms with van der Waals surface area (Å²) in [5.41, 5.74) is -1.20. The molecule has 25 heavy (non-hydrogen) atoms. The van der Waals surface area contributed by atoms with Crippen LogP contribution in [0.4, 0.5) is 23.7 Å². The molecule has 3 rings (SSSR count). The third kappa shape index (κ3) is 3.33. The number of aromatic nitrogens is 3. The van der Waals surface area contributed by atoms with Crippen LogP contribution in [0.25, 0.3) is 10.7 Å². The maximum Gasteiger partial charge on any atom is 0.417 e. The molecule has 0 aromatic carbocycles. The fourth-order valence-electron chi connectivity index (χ4n) is 2.76. The predicted octanol–water partition coefficient (Wildman–Crippen LogP) is 3.11. The van der Waals surface area contributed by atoms with Gasteiger partial charge in [0.25, 0.3) is 0 Å². The van der Waals surface area contributed by atoms with Crippen LogP contribution in [0, 0.1) is 0 Å². The smallest absolute Gasteiger partial charge is 0.369 e. The molecule has 7 nitrogen and oxygen atoms in total. The molecule has 2 aromatic rings. The highest BCUT2D eigenvalue weighted by Gasteiger charge is 2.56. The minimum Gasteiger partial charge on any atom is -0.369 e. The molecule has 3 heterocycles. The van der Waals surface area contributed by atoms with Crippen LogP contribution in [-0.2, 0) is 4.74 Å². The first-order valence-corrected chi connectivity index (χ1v) is 8.35. The number of hydrogen-bond donors (Lipinski definition) is 2. The monoisotopic (exact) mass is 375 g/mol. The van der Waals surface area contributed by atoms with E-state index in [2.05, 4.69) is 20.5 Å². The van der Waals surface area contributed by atoms with Gasteiger partial charge >= 0.3 is 12.2 Å². The zero-order chi connectivity index (χ0) is 18.1. The van der Waals surface area contributed by atoms with Crippen molar-refractivity contribution in [1.82, 2.24) is 20.1 Å². The summed E-state index contributed by atoms with van der Waals surface area (Å²) in [6, 6.07) is -0.480. The van der Waals surface area contributed by atoms with Crippen molar-refractivity contribution in [3.05, 3.63) is 17.8 Å². The second-order valence-corrected chi connectivity index (χ2v) is 6.50. The minimum atomic E-state index is -4.47. The fraction of sp³-hybridized carbons (Fsp3) is 0.500. The van der Waals surface area contributed by atoms with Gasteiger partial charge in [-0.1, -0.05) is 0 Å². The lowest BCUT2D eigenvalue weighted by atomic mass is 9.90. The summed E-state index contributed by atoms with van der Waals surface area (Å²) in [6.07, 6.45) is -2.00. The van der Waals surface area contributed by atoms with Gasteiger partial charge in [0, 0.05) is 44.6 Å². The molecule has 0 unspecified atom stereocenters. The van der Waals surface area contributed by atoms with E-state index in [9.17, 15) is 18.0 Å². The number of aromatic amines is 1. The molecule has 1 aliphatic heterocycles. The summed E-state index contributed by atoms with van der Waals surface area (Å²) >= 11 is 1.37. The van der Waals surface area contributed by atoms with Crippen LogP contribution < -0.4 is 5.32 Å². The second kappa shape index (κ2) is 6.64. The van der Waals surface area contributed by atoms with Crippen molar-refractivity contribution < 1.29 is 22.7 Å². The number of thiazole rings is 1. The maximum atomic E-state index is 13.2. The van der Waals surface area contributed by atoms with Gasteiger partial charge in [0.05, 0.1) is 11.9 Å². The predicted molar refractivity (Wildman–Crippen MR) is 85.3 cm³/mol. The molecule has 0 spiro atoms. The van der Waals surface area contributed by atoms with Crippen molar-refractivity contribution in [2.75, 3.05) is 25.5 Å². The first-order chi connectivity index (χ1) is 11.9. The van der Waals surface area contributed by atoms with E-state index in [-0.39, 0.29) is 25.9 Å². The minimum absolute atomic E-state index is 0.0520. The number of ether oxygens (including phenoxy) is 1. The highest BCUT2D eigenvalue weighted by molar-refractivity contribution is 7.13. The van der Waals surface area contributed by atoms with Crippen molar-refractivity contribution in [3.63, 3.8) is 0 Å². The van der Waals surface area contributed by atoms with Gasteiger partial charge in [-0.3, -0.25) is 5.10 Å². The average Bonchev–Trinajstić information content (AvgIpc) is 3.24. The molecule has 2 aromatic heterocycles. The number of halogens is 3. The number of piperidine rings is 1. The molecule has 0 bridgehead atoms. The van der Waals surface area contributed by atoms with Gasteiger partial charge in [0.15, 0.2) is 5.60 Å². The molecule has 0 saturated carbocycles. The Bertz CT molecular complexity index is 723. The van der Waals surface area contributed by atoms with Crippen molar-refractivity contribution in [3.8, 4) is 10.7 Å². The topological polar surface area (TPSA) is 83.1 Å². The lowest BCUT2D eigenvalue weighted by molar-refractivity contribution is -0.280. The Morgan fingerprint density at radius 2 is 2.16 bits per heavy atom. The van der Waals surface area contributed by atoms with Crippen molar-refractivity contribution >= 4 is 23.1 Å². The Labute approximate surface area is 145 Å². The van der Waals surface area contributed by atoms with Gasteiger partial charge in [0.2, 0.25) is 0 Å². The van der Waals surface area contributed by atoms with Crippen LogP contribution in [0.2, 0.25) is 0 Å². The molecule has 1 aliphatic rings. The quantitative estimate of drug-likeness (QED) is 0.864. The normalized spacial score (nSPS) is 17.5. The Morgan fingerprint density at radius 3 is 2.72 bits per heavy atom. The van der Waals surface area contributed by atoms with E-state index in [0.29, 0.717) is 16.4 Å². The van der Waals surface area contributed by atoms with Gasteiger partial charge in [-0.05, 0) is 0 Å². The molecular formula is C14H16F3N5O2S. The van der Waals surface area contributed by atoms with E-state index in [1.807, 2.05) is 0 Å². The Kier molecular flexibility index (Phi) is 4.69. The van der Waals surface area contributed by atoms with Gasteiger partial charge in [-0.25, -0.2) is 9.78 Å². The van der Waals surface area contributed by atoms with Gasteiger partial charge in [-0.2, -0.15) is 18.3 Å². The van der Waals surface area contributed by atoms with E-state index in [1.165, 1.54) is 22.4 Å². The Morgan fingerprint density at radius 1 is 1.44 bits per heavy atom. The van der Waals surface area contributed by atoms with Crippen LogP contribution in [0.15, 0.2) is 17.8 Å². The summed E-state index contributed by atoms with van der Waals surface area (Å²) in [5, 5.41) is 11.7. The molecule has 11 heteroatoms. The van der Waals surface area contributed by atoms with Crippen molar-refractivity contribution in [2.45, 2.75) is 24.6 Å². The average molecular weight is 375 g/mol. The van der Waals surface area contributed by atoms with Crippen LogP contribution >= 0.6 is 11.3 Å². The Hall–Kier alpha value is -2.14. The van der Waals surface area contributed by atoms with E-state index in [0.717, 1.165) is 7.11 Å². The third-order valence-corrected chi connectivity index (χ3v) is 5.08. The summed E-state index contributed by atoms with van der Waals surface area (Å²) in [7, 11) is 1.05. The fourth-order valence-corrected chi connectivity index (χ4v) is 3.41. The first kappa shape index (κ1) is 17.7. The summed E-state index contributed by atoms with van der Waals surface area (Å²) < 4.78 is 44.3. The molecule has 2 amide bonds. The van der Waals surface area contributed by atoms with Gasteiger partial charge in [0.1, 0.15) is 10.7 Å². The standard InChI is InChI=1S/C14H16F3N5O2S/c1-24-13(14(15,16)17)2-5-22(6-3-13)12(23)20-9-8-19-21-10(9)11-18-4-7-25-11/h4,7-8H,2-3,5-6H2,1H3,(H,19,21)(H,20,23). The Balaban J connectivity index is 1.66. The first-order valence-electron chi connectivity index (χ1n) is 7.47. The maximum absolute atomic E-state index is 13.2. The molecule has 0 atom stereocenters. The SMILES string of the molecule is COC1(C(F)(F)F)CCN(C(=O)Nc2cn[nH]c2-c2nccs2)CC1. The van der Waals surface area contributed by atoms with Crippen LogP contribution in [-0.4, -0.2) is 58.1 Å². The van der Waals surface area contributed by atoms with E-state index >= 15 is 0 Å². The molecule has 2 N–H and O–H groups in total. The summed E-state index contributed by atoms with van der Waals surface area (Å²) in [6.45, 7) is -0.104. The van der Waals surface area contributed by atoms with Gasteiger partial charge in [-0.15, -0.1) is 11.3 Å². The van der Waals surface area contributed by atoms with Crippen LogP contribution in [0.5, 0.6) is 0 Å². The summed E-state index contributed by atoms with van der Waals surface area (Å²) in [5.74, 6) is 0. The van der Waals surface area contributed by atoms with Crippen molar-refractivity contribution in [1.29, 1.82) is 0 Å². The number of carbonyl (C=O) groups is 1. The number of nitrogens with zero attached hydrogens (tertiary/aromatic N) is 3. The number of carbonyl (C=O) groups excluding carboxylic acids is 1. The number of H-pyrrole nitrogens is 1.